The van der Waals surface area contributed by atoms with E-state index in [4.69, 9.17) is 18.6 Å². The molecule has 0 heterocycles. The number of rotatable bonds is 11. The van der Waals surface area contributed by atoms with Crippen molar-refractivity contribution in [1.29, 1.82) is 0 Å². The van der Waals surface area contributed by atoms with Gasteiger partial charge in [0.25, 0.3) is 0 Å². The lowest BCUT2D eigenvalue weighted by Gasteiger charge is -2.42. The van der Waals surface area contributed by atoms with E-state index >= 15 is 0 Å². The molecule has 0 saturated heterocycles. The summed E-state index contributed by atoms with van der Waals surface area (Å²) >= 11 is 2.33. The van der Waals surface area contributed by atoms with Crippen molar-refractivity contribution < 1.29 is 18.6 Å². The molecule has 6 heteroatoms. The van der Waals surface area contributed by atoms with E-state index in [0.717, 1.165) is 28.8 Å². The largest absolute Gasteiger partial charge is 0.493 e. The third-order valence-electron chi connectivity index (χ3n) is 5.49. The SMILES string of the molecule is COc1cc(CCCO[Si](C(C)C)(C(C)C)C(C)C)c(I)c(OC)c1OC. The van der Waals surface area contributed by atoms with E-state index in [9.17, 15) is 0 Å². The van der Waals surface area contributed by atoms with Crippen LogP contribution < -0.4 is 14.2 Å². The van der Waals surface area contributed by atoms with Gasteiger partial charge in [-0.1, -0.05) is 41.5 Å². The summed E-state index contributed by atoms with van der Waals surface area (Å²) < 4.78 is 24.3. The molecule has 0 bridgehead atoms. The van der Waals surface area contributed by atoms with E-state index < -0.39 is 8.32 Å². The Bertz CT molecular complexity index is 581. The molecule has 0 radical (unpaired) electrons. The molecular formula is C21H37IO4Si. The van der Waals surface area contributed by atoms with Crippen LogP contribution in [0, 0.1) is 3.57 Å². The fourth-order valence-electron chi connectivity index (χ4n) is 4.37. The van der Waals surface area contributed by atoms with Gasteiger partial charge in [-0.3, -0.25) is 0 Å². The average Bonchev–Trinajstić information content (AvgIpc) is 2.61. The molecule has 0 spiro atoms. The van der Waals surface area contributed by atoms with E-state index in [0.29, 0.717) is 28.1 Å². The Morgan fingerprint density at radius 2 is 1.37 bits per heavy atom. The third kappa shape index (κ3) is 5.32. The zero-order chi connectivity index (χ0) is 20.8. The fourth-order valence-corrected chi connectivity index (χ4v) is 10.8. The molecule has 0 aliphatic carbocycles. The maximum absolute atomic E-state index is 6.68. The zero-order valence-corrected chi connectivity index (χ0v) is 21.6. The average molecular weight is 509 g/mol. The van der Waals surface area contributed by atoms with Gasteiger partial charge in [-0.15, -0.1) is 0 Å². The van der Waals surface area contributed by atoms with Crippen LogP contribution in [-0.2, 0) is 10.8 Å². The smallest absolute Gasteiger partial charge is 0.204 e. The Labute approximate surface area is 180 Å². The molecule has 1 aromatic carbocycles. The monoisotopic (exact) mass is 508 g/mol. The first-order valence-electron chi connectivity index (χ1n) is 9.78. The molecule has 0 N–H and O–H groups in total. The molecule has 0 fully saturated rings. The second-order valence-electron chi connectivity index (χ2n) is 7.89. The van der Waals surface area contributed by atoms with Crippen LogP contribution >= 0.6 is 22.6 Å². The van der Waals surface area contributed by atoms with Crippen LogP contribution in [0.5, 0.6) is 17.2 Å². The van der Waals surface area contributed by atoms with E-state index in [-0.39, 0.29) is 0 Å². The number of methoxy groups -OCH3 is 3. The molecule has 0 atom stereocenters. The molecule has 0 amide bonds. The van der Waals surface area contributed by atoms with Crippen LogP contribution in [-0.4, -0.2) is 36.3 Å². The van der Waals surface area contributed by atoms with Crippen LogP contribution in [0.1, 0.15) is 53.5 Å². The van der Waals surface area contributed by atoms with Crippen LogP contribution in [0.15, 0.2) is 6.07 Å². The number of benzene rings is 1. The van der Waals surface area contributed by atoms with E-state index in [1.165, 1.54) is 5.56 Å². The summed E-state index contributed by atoms with van der Waals surface area (Å²) in [4.78, 5) is 0. The van der Waals surface area contributed by atoms with Crippen LogP contribution in [0.2, 0.25) is 16.6 Å². The predicted octanol–water partition coefficient (Wildman–Crippen LogP) is 6.44. The highest BCUT2D eigenvalue weighted by Crippen LogP contribution is 2.44. The summed E-state index contributed by atoms with van der Waals surface area (Å²) in [6, 6.07) is 2.06. The molecule has 1 rings (SSSR count). The lowest BCUT2D eigenvalue weighted by molar-refractivity contribution is 0.272. The summed E-state index contributed by atoms with van der Waals surface area (Å²) in [5, 5.41) is 0. The topological polar surface area (TPSA) is 36.9 Å². The molecule has 0 aliphatic heterocycles. The molecule has 156 valence electrons. The van der Waals surface area contributed by atoms with Crippen molar-refractivity contribution in [3.63, 3.8) is 0 Å². The van der Waals surface area contributed by atoms with Crippen molar-refractivity contribution in [2.24, 2.45) is 0 Å². The Balaban J connectivity index is 2.93. The van der Waals surface area contributed by atoms with E-state index in [1.54, 1.807) is 21.3 Å². The minimum absolute atomic E-state index is 0.610. The highest BCUT2D eigenvalue weighted by molar-refractivity contribution is 14.1. The van der Waals surface area contributed by atoms with Gasteiger partial charge in [0.1, 0.15) is 0 Å². The first kappa shape index (κ1) is 24.6. The molecule has 0 saturated carbocycles. The molecule has 1 aromatic rings. The van der Waals surface area contributed by atoms with E-state index in [1.807, 2.05) is 0 Å². The van der Waals surface area contributed by atoms with Gasteiger partial charge in [-0.2, -0.15) is 0 Å². The van der Waals surface area contributed by atoms with E-state index in [2.05, 4.69) is 70.2 Å². The Morgan fingerprint density at radius 1 is 0.852 bits per heavy atom. The van der Waals surface area contributed by atoms with Gasteiger partial charge in [0, 0.05) is 6.61 Å². The number of hydrogen-bond donors (Lipinski definition) is 0. The van der Waals surface area contributed by atoms with Crippen molar-refractivity contribution in [3.05, 3.63) is 15.2 Å². The number of aryl methyl sites for hydroxylation is 1. The van der Waals surface area contributed by atoms with Crippen molar-refractivity contribution >= 4 is 30.9 Å². The highest BCUT2D eigenvalue weighted by atomic mass is 127. The summed E-state index contributed by atoms with van der Waals surface area (Å²) in [6.45, 7) is 14.8. The van der Waals surface area contributed by atoms with Crippen LogP contribution in [0.25, 0.3) is 0 Å². The molecule has 0 aliphatic rings. The zero-order valence-electron chi connectivity index (χ0n) is 18.4. The lowest BCUT2D eigenvalue weighted by Crippen LogP contribution is -2.48. The van der Waals surface area contributed by atoms with Gasteiger partial charge in [0.2, 0.25) is 5.75 Å². The second kappa shape index (κ2) is 10.9. The van der Waals surface area contributed by atoms with Crippen molar-refractivity contribution in [1.82, 2.24) is 0 Å². The van der Waals surface area contributed by atoms with Gasteiger partial charge in [-0.25, -0.2) is 0 Å². The van der Waals surface area contributed by atoms with Crippen LogP contribution in [0.3, 0.4) is 0 Å². The van der Waals surface area contributed by atoms with Gasteiger partial charge in [0.15, 0.2) is 19.8 Å². The predicted molar refractivity (Wildman–Crippen MR) is 124 cm³/mol. The maximum atomic E-state index is 6.68. The number of ether oxygens (including phenoxy) is 3. The van der Waals surface area contributed by atoms with Crippen molar-refractivity contribution in [2.45, 2.75) is 71.0 Å². The van der Waals surface area contributed by atoms with Gasteiger partial charge in [-0.05, 0) is 63.7 Å². The lowest BCUT2D eigenvalue weighted by atomic mass is 10.1. The van der Waals surface area contributed by atoms with Crippen molar-refractivity contribution in [2.75, 3.05) is 27.9 Å². The standard InChI is InChI=1S/C21H37IO4Si/c1-14(2)27(15(3)4,16(5)6)26-12-10-11-17-13-18(23-7)20(24-8)21(25-9)19(17)22/h13-16H,10-12H2,1-9H3. The maximum Gasteiger partial charge on any atom is 0.204 e. The molecule has 0 aromatic heterocycles. The molecule has 4 nitrogen and oxygen atoms in total. The van der Waals surface area contributed by atoms with Crippen molar-refractivity contribution in [3.8, 4) is 17.2 Å². The summed E-state index contributed by atoms with van der Waals surface area (Å²) in [6.07, 6.45) is 1.91. The molecule has 0 unspecified atom stereocenters. The molecule has 27 heavy (non-hydrogen) atoms. The first-order valence-corrected chi connectivity index (χ1v) is 13.0. The Kier molecular flexibility index (Phi) is 9.92. The van der Waals surface area contributed by atoms with Crippen LogP contribution in [0.4, 0.5) is 0 Å². The molecular weight excluding hydrogens is 471 g/mol. The number of halogens is 1. The third-order valence-corrected chi connectivity index (χ3v) is 12.8. The minimum atomic E-state index is -1.80. The van der Waals surface area contributed by atoms with Gasteiger partial charge in [0.05, 0.1) is 24.9 Å². The minimum Gasteiger partial charge on any atom is -0.493 e. The normalized spacial score (nSPS) is 12.2. The highest BCUT2D eigenvalue weighted by Gasteiger charge is 2.44. The van der Waals surface area contributed by atoms with Gasteiger partial charge >= 0.3 is 0 Å². The Morgan fingerprint density at radius 3 is 1.78 bits per heavy atom. The Hall–Kier alpha value is -0.473. The van der Waals surface area contributed by atoms with Gasteiger partial charge < -0.3 is 18.6 Å². The fraction of sp³-hybridized carbons (Fsp3) is 0.714. The summed E-state index contributed by atoms with van der Waals surface area (Å²) in [5.41, 5.74) is 3.04. The quantitative estimate of drug-likeness (QED) is 0.196. The second-order valence-corrected chi connectivity index (χ2v) is 14.4. The first-order chi connectivity index (χ1) is 12.7. The summed E-state index contributed by atoms with van der Waals surface area (Å²) in [7, 11) is 3.16. The summed E-state index contributed by atoms with van der Waals surface area (Å²) in [5.74, 6) is 2.10. The number of hydrogen-bond acceptors (Lipinski definition) is 4.